The van der Waals surface area contributed by atoms with Crippen LogP contribution in [0.25, 0.3) is 0 Å². The summed E-state index contributed by atoms with van der Waals surface area (Å²) in [6.07, 6.45) is 0. The molecule has 1 N–H and O–H groups in total. The molecule has 1 amide bonds. The largest absolute Gasteiger partial charge is 0.299 e. The van der Waals surface area contributed by atoms with Crippen LogP contribution in [-0.2, 0) is 14.8 Å². The van der Waals surface area contributed by atoms with Crippen molar-refractivity contribution in [1.82, 2.24) is 10.2 Å². The van der Waals surface area contributed by atoms with E-state index in [1.807, 2.05) is 13.8 Å². The van der Waals surface area contributed by atoms with Crippen molar-refractivity contribution >= 4 is 49.8 Å². The predicted molar refractivity (Wildman–Crippen MR) is 117 cm³/mol. The number of nitrogens with zero attached hydrogens (tertiary/aromatic N) is 3. The lowest BCUT2D eigenvalue weighted by atomic mass is 10.3. The van der Waals surface area contributed by atoms with E-state index in [9.17, 15) is 17.6 Å². The van der Waals surface area contributed by atoms with Gasteiger partial charge in [0.25, 0.3) is 10.0 Å². The summed E-state index contributed by atoms with van der Waals surface area (Å²) in [5, 5.41) is 11.0. The third-order valence-electron chi connectivity index (χ3n) is 3.73. The zero-order valence-electron chi connectivity index (χ0n) is 16.1. The summed E-state index contributed by atoms with van der Waals surface area (Å²) in [5.41, 5.74) is -0.218. The van der Waals surface area contributed by atoms with Crippen LogP contribution < -0.4 is 9.62 Å². The lowest BCUT2D eigenvalue weighted by Crippen LogP contribution is -2.38. The maximum absolute atomic E-state index is 14.4. The van der Waals surface area contributed by atoms with Crippen LogP contribution in [0.5, 0.6) is 0 Å². The van der Waals surface area contributed by atoms with E-state index in [1.165, 1.54) is 53.4 Å². The highest BCUT2D eigenvalue weighted by atomic mass is 32.2. The van der Waals surface area contributed by atoms with Crippen LogP contribution in [0, 0.1) is 5.82 Å². The zero-order chi connectivity index (χ0) is 21.7. The first kappa shape index (κ1) is 22.2. The number of para-hydroxylation sites is 1. The van der Waals surface area contributed by atoms with Crippen molar-refractivity contribution in [3.05, 3.63) is 60.4 Å². The molecule has 0 unspecified atom stereocenters. The first-order chi connectivity index (χ1) is 14.3. The van der Waals surface area contributed by atoms with Crippen LogP contribution >= 0.6 is 23.1 Å². The number of amides is 1. The molecule has 1 heterocycles. The third-order valence-corrected chi connectivity index (χ3v) is 7.43. The Hall–Kier alpha value is -2.50. The van der Waals surface area contributed by atoms with Gasteiger partial charge in [0.2, 0.25) is 11.0 Å². The van der Waals surface area contributed by atoms with Gasteiger partial charge in [-0.3, -0.25) is 14.4 Å². The lowest BCUT2D eigenvalue weighted by molar-refractivity contribution is -0.114. The molecule has 1 aromatic heterocycles. The second-order valence-electron chi connectivity index (χ2n) is 6.36. The Morgan fingerprint density at radius 3 is 2.47 bits per heavy atom. The van der Waals surface area contributed by atoms with Crippen molar-refractivity contribution in [3.63, 3.8) is 0 Å². The maximum atomic E-state index is 14.4. The first-order valence-corrected chi connectivity index (χ1v) is 12.0. The molecule has 0 atom stereocenters. The molecule has 3 rings (SSSR count). The van der Waals surface area contributed by atoms with Crippen molar-refractivity contribution in [2.45, 2.75) is 28.3 Å². The molecule has 0 saturated carbocycles. The molecule has 3 aromatic rings. The smallest absolute Gasteiger partial charge is 0.264 e. The number of halogens is 1. The van der Waals surface area contributed by atoms with Gasteiger partial charge in [-0.1, -0.05) is 67.3 Å². The monoisotopic (exact) mass is 466 g/mol. The molecule has 0 aliphatic rings. The minimum Gasteiger partial charge on any atom is -0.299 e. The molecule has 0 bridgehead atoms. The summed E-state index contributed by atoms with van der Waals surface area (Å²) in [4.78, 5) is 12.6. The van der Waals surface area contributed by atoms with Crippen molar-refractivity contribution in [1.29, 1.82) is 0 Å². The molecule has 0 saturated heterocycles. The number of aromatic nitrogens is 2. The van der Waals surface area contributed by atoms with Crippen molar-refractivity contribution in [2.24, 2.45) is 0 Å². The molecule has 0 radical (unpaired) electrons. The molecular formula is C19H19FN4O3S3. The van der Waals surface area contributed by atoms with E-state index in [2.05, 4.69) is 15.5 Å². The molecule has 0 aliphatic carbocycles. The Morgan fingerprint density at radius 2 is 1.80 bits per heavy atom. The third kappa shape index (κ3) is 5.35. The molecule has 2 aromatic carbocycles. The summed E-state index contributed by atoms with van der Waals surface area (Å²) >= 11 is 2.68. The fourth-order valence-electron chi connectivity index (χ4n) is 2.47. The molecule has 158 valence electrons. The van der Waals surface area contributed by atoms with E-state index < -0.39 is 28.3 Å². The molecule has 7 nitrogen and oxygen atoms in total. The number of rotatable bonds is 8. The second kappa shape index (κ2) is 9.54. The van der Waals surface area contributed by atoms with Gasteiger partial charge in [0, 0.05) is 5.25 Å². The minimum absolute atomic E-state index is 0.0485. The molecule has 30 heavy (non-hydrogen) atoms. The van der Waals surface area contributed by atoms with Gasteiger partial charge >= 0.3 is 0 Å². The zero-order valence-corrected chi connectivity index (χ0v) is 18.6. The first-order valence-electron chi connectivity index (χ1n) is 8.89. The SMILES string of the molecule is CC(C)Sc1nnc(NC(=O)CN(c2ccccc2F)S(=O)(=O)c2ccccc2)s1. The van der Waals surface area contributed by atoms with Crippen molar-refractivity contribution in [2.75, 3.05) is 16.2 Å². The van der Waals surface area contributed by atoms with Gasteiger partial charge < -0.3 is 0 Å². The minimum atomic E-state index is -4.18. The summed E-state index contributed by atoms with van der Waals surface area (Å²) in [5.74, 6) is -1.41. The van der Waals surface area contributed by atoms with E-state index >= 15 is 0 Å². The van der Waals surface area contributed by atoms with Crippen LogP contribution in [-0.4, -0.2) is 36.3 Å². The predicted octanol–water partition coefficient (Wildman–Crippen LogP) is 4.01. The molecule has 11 heteroatoms. The van der Waals surface area contributed by atoms with Crippen LogP contribution in [0.2, 0.25) is 0 Å². The fourth-order valence-corrected chi connectivity index (χ4v) is 5.91. The Kier molecular flexibility index (Phi) is 7.06. The topological polar surface area (TPSA) is 92.3 Å². The van der Waals surface area contributed by atoms with Crippen molar-refractivity contribution in [3.8, 4) is 0 Å². The lowest BCUT2D eigenvalue weighted by Gasteiger charge is -2.24. The molecule has 0 aliphatic heterocycles. The number of thioether (sulfide) groups is 1. The Morgan fingerprint density at radius 1 is 1.13 bits per heavy atom. The van der Waals surface area contributed by atoms with Crippen LogP contribution in [0.15, 0.2) is 63.8 Å². The Balaban J connectivity index is 1.87. The van der Waals surface area contributed by atoms with Gasteiger partial charge in [0.15, 0.2) is 4.34 Å². The highest BCUT2D eigenvalue weighted by Gasteiger charge is 2.29. The normalized spacial score (nSPS) is 11.5. The summed E-state index contributed by atoms with van der Waals surface area (Å²) < 4.78 is 42.2. The summed E-state index contributed by atoms with van der Waals surface area (Å²) in [6, 6.07) is 13.0. The second-order valence-corrected chi connectivity index (χ2v) is 11.0. The number of benzene rings is 2. The summed E-state index contributed by atoms with van der Waals surface area (Å²) in [7, 11) is -4.18. The van der Waals surface area contributed by atoms with Crippen LogP contribution in [0.4, 0.5) is 15.2 Å². The van der Waals surface area contributed by atoms with E-state index in [0.717, 1.165) is 10.4 Å². The Labute approximate surface area is 182 Å². The van der Waals surface area contributed by atoms with Crippen LogP contribution in [0.1, 0.15) is 13.8 Å². The van der Waals surface area contributed by atoms with Gasteiger partial charge in [-0.05, 0) is 24.3 Å². The van der Waals surface area contributed by atoms with Gasteiger partial charge in [0.1, 0.15) is 12.4 Å². The number of carbonyl (C=O) groups is 1. The van der Waals surface area contributed by atoms with E-state index in [1.54, 1.807) is 18.2 Å². The molecule has 0 fully saturated rings. The van der Waals surface area contributed by atoms with Gasteiger partial charge in [-0.2, -0.15) is 0 Å². The summed E-state index contributed by atoms with van der Waals surface area (Å²) in [6.45, 7) is 3.39. The van der Waals surface area contributed by atoms with Crippen LogP contribution in [0.3, 0.4) is 0 Å². The Bertz CT molecular complexity index is 1120. The molecular weight excluding hydrogens is 447 g/mol. The molecule has 0 spiro atoms. The van der Waals surface area contributed by atoms with E-state index in [4.69, 9.17) is 0 Å². The van der Waals surface area contributed by atoms with Gasteiger partial charge in [-0.25, -0.2) is 12.8 Å². The number of nitrogens with one attached hydrogen (secondary N) is 1. The van der Waals surface area contributed by atoms with Crippen molar-refractivity contribution < 1.29 is 17.6 Å². The standard InChI is InChI=1S/C19H19FN4O3S3/c1-13(2)28-19-23-22-18(29-19)21-17(25)12-24(16-11-7-6-10-15(16)20)30(26,27)14-8-4-3-5-9-14/h3-11,13H,12H2,1-2H3,(H,21,22,25). The average molecular weight is 467 g/mol. The fraction of sp³-hybridized carbons (Fsp3) is 0.211. The highest BCUT2D eigenvalue weighted by Crippen LogP contribution is 2.29. The average Bonchev–Trinajstić information content (AvgIpc) is 3.13. The number of carbonyl (C=O) groups excluding carboxylic acids is 1. The van der Waals surface area contributed by atoms with E-state index in [0.29, 0.717) is 9.59 Å². The highest BCUT2D eigenvalue weighted by molar-refractivity contribution is 8.01. The van der Waals surface area contributed by atoms with Gasteiger partial charge in [-0.15, -0.1) is 10.2 Å². The number of hydrogen-bond donors (Lipinski definition) is 1. The number of sulfonamides is 1. The number of hydrogen-bond acceptors (Lipinski definition) is 7. The maximum Gasteiger partial charge on any atom is 0.264 e. The van der Waals surface area contributed by atoms with E-state index in [-0.39, 0.29) is 15.7 Å². The van der Waals surface area contributed by atoms with Gasteiger partial charge in [0.05, 0.1) is 10.6 Å². The number of anilines is 2. The quantitative estimate of drug-likeness (QED) is 0.398.